The summed E-state index contributed by atoms with van der Waals surface area (Å²) in [6, 6.07) is 5.06. The molecule has 1 aromatic carbocycles. The minimum Gasteiger partial charge on any atom is -0.504 e. The van der Waals surface area contributed by atoms with Gasteiger partial charge in [-0.05, 0) is 37.1 Å². The standard InChI is InChI=1S/C18H23NO3S2/c1-3-5-6-7-10-19-17(21)16(24-18(19)23)12-13-8-9-14(20)15(11-13)22-4-2/h8-9,11-12,20H,3-7,10H2,1-2H3. The molecule has 2 rings (SSSR count). The molecule has 1 saturated heterocycles. The molecular formula is C18H23NO3S2. The smallest absolute Gasteiger partial charge is 0.266 e. The minimum atomic E-state index is -0.0347. The number of carbonyl (C=O) groups is 1. The predicted molar refractivity (Wildman–Crippen MR) is 103 cm³/mol. The van der Waals surface area contributed by atoms with E-state index in [0.29, 0.717) is 28.1 Å². The molecule has 1 fully saturated rings. The first-order chi connectivity index (χ1) is 11.6. The van der Waals surface area contributed by atoms with Crippen LogP contribution in [0.4, 0.5) is 0 Å². The lowest BCUT2D eigenvalue weighted by Gasteiger charge is -2.13. The number of carbonyl (C=O) groups excluding carboxylic acids is 1. The van der Waals surface area contributed by atoms with Gasteiger partial charge in [-0.25, -0.2) is 0 Å². The van der Waals surface area contributed by atoms with Crippen LogP contribution in [0.1, 0.15) is 45.1 Å². The van der Waals surface area contributed by atoms with Crippen molar-refractivity contribution in [2.24, 2.45) is 0 Å². The van der Waals surface area contributed by atoms with Gasteiger partial charge in [0, 0.05) is 6.54 Å². The molecular weight excluding hydrogens is 342 g/mol. The molecule has 0 radical (unpaired) electrons. The number of nitrogens with zero attached hydrogens (tertiary/aromatic N) is 1. The van der Waals surface area contributed by atoms with E-state index in [1.807, 2.05) is 6.92 Å². The van der Waals surface area contributed by atoms with E-state index in [9.17, 15) is 9.90 Å². The molecule has 1 aromatic rings. The number of benzene rings is 1. The van der Waals surface area contributed by atoms with Gasteiger partial charge in [-0.2, -0.15) is 0 Å². The zero-order valence-corrected chi connectivity index (χ0v) is 15.7. The molecule has 1 aliphatic heterocycles. The van der Waals surface area contributed by atoms with E-state index in [1.165, 1.54) is 24.6 Å². The van der Waals surface area contributed by atoms with Crippen molar-refractivity contribution in [1.29, 1.82) is 0 Å². The summed E-state index contributed by atoms with van der Waals surface area (Å²) in [6.45, 7) is 5.17. The number of thioether (sulfide) groups is 1. The molecule has 0 atom stereocenters. The van der Waals surface area contributed by atoms with E-state index in [-0.39, 0.29) is 11.7 Å². The first kappa shape index (κ1) is 18.8. The van der Waals surface area contributed by atoms with Crippen molar-refractivity contribution in [2.45, 2.75) is 39.5 Å². The molecule has 0 bridgehead atoms. The Balaban J connectivity index is 2.09. The number of aromatic hydroxyl groups is 1. The van der Waals surface area contributed by atoms with E-state index in [0.717, 1.165) is 18.4 Å². The van der Waals surface area contributed by atoms with Crippen molar-refractivity contribution in [2.75, 3.05) is 13.2 Å². The monoisotopic (exact) mass is 365 g/mol. The average molecular weight is 366 g/mol. The fraction of sp³-hybridized carbons (Fsp3) is 0.444. The largest absolute Gasteiger partial charge is 0.504 e. The molecule has 4 nitrogen and oxygen atoms in total. The Bertz CT molecular complexity index is 643. The zero-order chi connectivity index (χ0) is 17.5. The highest BCUT2D eigenvalue weighted by Gasteiger charge is 2.31. The number of hydrogen-bond acceptors (Lipinski definition) is 5. The van der Waals surface area contributed by atoms with Gasteiger partial charge in [-0.3, -0.25) is 9.69 Å². The highest BCUT2D eigenvalue weighted by Crippen LogP contribution is 2.34. The number of rotatable bonds is 8. The van der Waals surface area contributed by atoms with Crippen LogP contribution >= 0.6 is 24.0 Å². The SMILES string of the molecule is CCCCCCN1C(=O)C(=Cc2ccc(O)c(OCC)c2)SC1=S. The Morgan fingerprint density at radius 2 is 2.08 bits per heavy atom. The number of hydrogen-bond donors (Lipinski definition) is 1. The second-order valence-corrected chi connectivity index (χ2v) is 7.23. The molecule has 0 aromatic heterocycles. The van der Waals surface area contributed by atoms with Crippen LogP contribution in [-0.4, -0.2) is 33.4 Å². The normalized spacial score (nSPS) is 16.2. The zero-order valence-electron chi connectivity index (χ0n) is 14.1. The van der Waals surface area contributed by atoms with Crippen LogP contribution in [0.15, 0.2) is 23.1 Å². The Labute approximate surface area is 152 Å². The number of phenols is 1. The maximum absolute atomic E-state index is 12.5. The Morgan fingerprint density at radius 1 is 1.29 bits per heavy atom. The summed E-state index contributed by atoms with van der Waals surface area (Å²) in [5, 5.41) is 9.76. The molecule has 0 spiro atoms. The minimum absolute atomic E-state index is 0.0347. The number of thiocarbonyl (C=S) groups is 1. The Hall–Kier alpha value is -1.53. The van der Waals surface area contributed by atoms with E-state index >= 15 is 0 Å². The van der Waals surface area contributed by atoms with Crippen molar-refractivity contribution in [3.05, 3.63) is 28.7 Å². The van der Waals surface area contributed by atoms with E-state index in [2.05, 4.69) is 6.92 Å². The second-order valence-electron chi connectivity index (χ2n) is 5.55. The van der Waals surface area contributed by atoms with Crippen LogP contribution in [0.2, 0.25) is 0 Å². The van der Waals surface area contributed by atoms with Gasteiger partial charge >= 0.3 is 0 Å². The van der Waals surface area contributed by atoms with E-state index in [4.69, 9.17) is 17.0 Å². The van der Waals surface area contributed by atoms with Crippen molar-refractivity contribution in [3.63, 3.8) is 0 Å². The Kier molecular flexibility index (Phi) is 7.12. The van der Waals surface area contributed by atoms with Crippen LogP contribution in [0.25, 0.3) is 6.08 Å². The van der Waals surface area contributed by atoms with E-state index in [1.54, 1.807) is 29.2 Å². The fourth-order valence-corrected chi connectivity index (χ4v) is 3.74. The molecule has 0 saturated carbocycles. The number of unbranched alkanes of at least 4 members (excludes halogenated alkanes) is 3. The lowest BCUT2D eigenvalue weighted by molar-refractivity contribution is -0.122. The van der Waals surface area contributed by atoms with Gasteiger partial charge in [-0.1, -0.05) is 56.2 Å². The van der Waals surface area contributed by atoms with Crippen molar-refractivity contribution in [3.8, 4) is 11.5 Å². The Morgan fingerprint density at radius 3 is 2.79 bits per heavy atom. The number of amides is 1. The molecule has 0 unspecified atom stereocenters. The molecule has 130 valence electrons. The van der Waals surface area contributed by atoms with E-state index < -0.39 is 0 Å². The first-order valence-electron chi connectivity index (χ1n) is 8.28. The van der Waals surface area contributed by atoms with Gasteiger partial charge in [-0.15, -0.1) is 0 Å². The van der Waals surface area contributed by atoms with Crippen LogP contribution in [0.3, 0.4) is 0 Å². The van der Waals surface area contributed by atoms with Crippen LogP contribution in [-0.2, 0) is 4.79 Å². The lowest BCUT2D eigenvalue weighted by atomic mass is 10.1. The summed E-state index contributed by atoms with van der Waals surface area (Å²) in [5.74, 6) is 0.478. The second kappa shape index (κ2) is 9.08. The molecule has 1 N–H and O–H groups in total. The summed E-state index contributed by atoms with van der Waals surface area (Å²) >= 11 is 6.67. The summed E-state index contributed by atoms with van der Waals surface area (Å²) in [6.07, 6.45) is 6.23. The summed E-state index contributed by atoms with van der Waals surface area (Å²) < 4.78 is 6.00. The summed E-state index contributed by atoms with van der Waals surface area (Å²) in [4.78, 5) is 14.8. The van der Waals surface area contributed by atoms with Gasteiger partial charge < -0.3 is 9.84 Å². The number of ether oxygens (including phenoxy) is 1. The van der Waals surface area contributed by atoms with Crippen molar-refractivity contribution < 1.29 is 14.6 Å². The molecule has 6 heteroatoms. The average Bonchev–Trinajstić information content (AvgIpc) is 2.82. The first-order valence-corrected chi connectivity index (χ1v) is 9.50. The number of phenolic OH excluding ortho intramolecular Hbond substituents is 1. The van der Waals surface area contributed by atoms with Crippen molar-refractivity contribution in [1.82, 2.24) is 4.90 Å². The molecule has 24 heavy (non-hydrogen) atoms. The van der Waals surface area contributed by atoms with Crippen LogP contribution in [0, 0.1) is 0 Å². The maximum Gasteiger partial charge on any atom is 0.266 e. The summed E-state index contributed by atoms with van der Waals surface area (Å²) in [7, 11) is 0. The third-order valence-corrected chi connectivity index (χ3v) is 5.07. The third-order valence-electron chi connectivity index (χ3n) is 3.69. The molecule has 1 heterocycles. The van der Waals surface area contributed by atoms with Crippen LogP contribution in [0.5, 0.6) is 11.5 Å². The highest BCUT2D eigenvalue weighted by molar-refractivity contribution is 8.26. The van der Waals surface area contributed by atoms with Gasteiger partial charge in [0.1, 0.15) is 4.32 Å². The van der Waals surface area contributed by atoms with Gasteiger partial charge in [0.25, 0.3) is 5.91 Å². The predicted octanol–water partition coefficient (Wildman–Crippen LogP) is 4.57. The summed E-state index contributed by atoms with van der Waals surface area (Å²) in [5.41, 5.74) is 0.808. The highest BCUT2D eigenvalue weighted by atomic mass is 32.2. The topological polar surface area (TPSA) is 49.8 Å². The molecule has 0 aliphatic carbocycles. The van der Waals surface area contributed by atoms with Gasteiger partial charge in [0.2, 0.25) is 0 Å². The molecule has 1 amide bonds. The van der Waals surface area contributed by atoms with Crippen LogP contribution < -0.4 is 4.74 Å². The fourth-order valence-electron chi connectivity index (χ4n) is 2.43. The third kappa shape index (κ3) is 4.74. The quantitative estimate of drug-likeness (QED) is 0.415. The van der Waals surface area contributed by atoms with Gasteiger partial charge in [0.05, 0.1) is 11.5 Å². The lowest BCUT2D eigenvalue weighted by Crippen LogP contribution is -2.28. The van der Waals surface area contributed by atoms with Gasteiger partial charge in [0.15, 0.2) is 11.5 Å². The van der Waals surface area contributed by atoms with Crippen molar-refractivity contribution >= 4 is 40.3 Å². The maximum atomic E-state index is 12.5. The molecule has 1 aliphatic rings.